The van der Waals surface area contributed by atoms with E-state index in [9.17, 15) is 14.7 Å². The summed E-state index contributed by atoms with van der Waals surface area (Å²) in [5.41, 5.74) is 3.78. The number of benzene rings is 2. The number of aromatic hydroxyl groups is 1. The van der Waals surface area contributed by atoms with Crippen LogP contribution in [0.3, 0.4) is 0 Å². The molecule has 1 fully saturated rings. The van der Waals surface area contributed by atoms with E-state index in [4.69, 9.17) is 0 Å². The predicted molar refractivity (Wildman–Crippen MR) is 116 cm³/mol. The molecule has 2 aliphatic rings. The fourth-order valence-corrected chi connectivity index (χ4v) is 4.69. The Labute approximate surface area is 176 Å². The highest BCUT2D eigenvalue weighted by Crippen LogP contribution is 2.44. The molecule has 3 heterocycles. The maximum absolute atomic E-state index is 13.3. The van der Waals surface area contributed by atoms with Gasteiger partial charge in [-0.15, -0.1) is 0 Å². The predicted octanol–water partition coefficient (Wildman–Crippen LogP) is 4.59. The molecule has 2 N–H and O–H groups in total. The van der Waals surface area contributed by atoms with Crippen molar-refractivity contribution in [1.82, 2.24) is 14.8 Å². The molecule has 0 aliphatic carbocycles. The number of imide groups is 1. The van der Waals surface area contributed by atoms with E-state index < -0.39 is 12.1 Å². The van der Waals surface area contributed by atoms with Crippen molar-refractivity contribution in [2.75, 3.05) is 6.54 Å². The highest BCUT2D eigenvalue weighted by Gasteiger charge is 2.52. The molecule has 2 aliphatic heterocycles. The SMILES string of the molecule is C.CCCCN1C(=O)C2Cc3c([nH]c4ccccc34)C(c3cccc(O)c3)N2C1=O. The first kappa shape index (κ1) is 20.0. The minimum Gasteiger partial charge on any atom is -0.508 e. The van der Waals surface area contributed by atoms with Crippen LogP contribution in [0, 0.1) is 0 Å². The number of urea groups is 1. The zero-order valence-corrected chi connectivity index (χ0v) is 16.3. The molecule has 0 radical (unpaired) electrons. The van der Waals surface area contributed by atoms with Crippen LogP contribution < -0.4 is 0 Å². The number of amides is 3. The smallest absolute Gasteiger partial charge is 0.328 e. The molecule has 6 heteroatoms. The third-order valence-electron chi connectivity index (χ3n) is 6.06. The molecule has 0 bridgehead atoms. The Morgan fingerprint density at radius 1 is 1.13 bits per heavy atom. The highest BCUT2D eigenvalue weighted by atomic mass is 16.3. The zero-order chi connectivity index (χ0) is 20.1. The normalized spacial score (nSPS) is 20.3. The number of H-pyrrole nitrogens is 1. The lowest BCUT2D eigenvalue weighted by atomic mass is 9.89. The van der Waals surface area contributed by atoms with Gasteiger partial charge in [0.1, 0.15) is 17.8 Å². The van der Waals surface area contributed by atoms with Gasteiger partial charge in [-0.2, -0.15) is 0 Å². The van der Waals surface area contributed by atoms with E-state index in [1.54, 1.807) is 23.1 Å². The van der Waals surface area contributed by atoms with Gasteiger partial charge in [0.05, 0.1) is 0 Å². The molecule has 3 amide bonds. The van der Waals surface area contributed by atoms with Crippen LogP contribution in [0.15, 0.2) is 48.5 Å². The van der Waals surface area contributed by atoms with E-state index in [-0.39, 0.29) is 25.1 Å². The number of hydrogen-bond donors (Lipinski definition) is 2. The van der Waals surface area contributed by atoms with Gasteiger partial charge in [-0.1, -0.05) is 51.1 Å². The number of phenolic OH excluding ortho intramolecular Hbond substituents is 1. The third-order valence-corrected chi connectivity index (χ3v) is 6.06. The van der Waals surface area contributed by atoms with Gasteiger partial charge in [-0.3, -0.25) is 14.6 Å². The van der Waals surface area contributed by atoms with Crippen molar-refractivity contribution in [3.8, 4) is 5.75 Å². The second kappa shape index (κ2) is 7.52. The van der Waals surface area contributed by atoms with Crippen molar-refractivity contribution < 1.29 is 14.7 Å². The Morgan fingerprint density at radius 3 is 2.70 bits per heavy atom. The number of unbranched alkanes of at least 4 members (excludes halogenated alkanes) is 1. The second-order valence-electron chi connectivity index (χ2n) is 7.81. The minimum atomic E-state index is -0.515. The number of fused-ring (bicyclic) bond motifs is 4. The lowest BCUT2D eigenvalue weighted by molar-refractivity contribution is -0.128. The van der Waals surface area contributed by atoms with Crippen LogP contribution in [0.5, 0.6) is 5.75 Å². The quantitative estimate of drug-likeness (QED) is 0.624. The molecule has 6 nitrogen and oxygen atoms in total. The Balaban J connectivity index is 0.00000218. The van der Waals surface area contributed by atoms with Crippen molar-refractivity contribution in [3.63, 3.8) is 0 Å². The molecule has 0 spiro atoms. The lowest BCUT2D eigenvalue weighted by Gasteiger charge is -2.36. The van der Waals surface area contributed by atoms with Gasteiger partial charge in [0.25, 0.3) is 5.91 Å². The molecule has 0 saturated carbocycles. The number of nitrogens with one attached hydrogen (secondary N) is 1. The molecule has 1 aromatic heterocycles. The van der Waals surface area contributed by atoms with E-state index in [0.29, 0.717) is 13.0 Å². The first-order chi connectivity index (χ1) is 14.1. The molecular formula is C24H27N3O3. The molecule has 2 aromatic carbocycles. The van der Waals surface area contributed by atoms with Crippen LogP contribution >= 0.6 is 0 Å². The monoisotopic (exact) mass is 405 g/mol. The minimum absolute atomic E-state index is 0. The standard InChI is InChI=1S/C23H23N3O3.CH4/c1-2-3-11-25-22(28)19-13-17-16-9-4-5-10-18(16)24-20(17)21(26(19)23(25)29)14-7-6-8-15(27)12-14;/h4-10,12,19,21,24,27H,2-3,11,13H2,1H3;1H4. The van der Waals surface area contributed by atoms with Crippen LogP contribution in [0.4, 0.5) is 4.79 Å². The summed E-state index contributed by atoms with van der Waals surface area (Å²) < 4.78 is 0. The number of hydrogen-bond acceptors (Lipinski definition) is 3. The second-order valence-corrected chi connectivity index (χ2v) is 7.81. The number of aromatic nitrogens is 1. The molecule has 3 aromatic rings. The third kappa shape index (κ3) is 2.86. The average molecular weight is 405 g/mol. The molecule has 5 rings (SSSR count). The van der Waals surface area contributed by atoms with Gasteiger partial charge < -0.3 is 10.1 Å². The summed E-state index contributed by atoms with van der Waals surface area (Å²) in [7, 11) is 0. The summed E-state index contributed by atoms with van der Waals surface area (Å²) in [5, 5.41) is 11.1. The van der Waals surface area contributed by atoms with Gasteiger partial charge in [-0.25, -0.2) is 4.79 Å². The Kier molecular flexibility index (Phi) is 5.02. The number of rotatable bonds is 4. The van der Waals surface area contributed by atoms with Crippen LogP contribution in [0.25, 0.3) is 10.9 Å². The van der Waals surface area contributed by atoms with Gasteiger partial charge in [-0.05, 0) is 35.7 Å². The van der Waals surface area contributed by atoms with Crippen LogP contribution in [0.2, 0.25) is 0 Å². The number of carbonyl (C=O) groups is 2. The van der Waals surface area contributed by atoms with Gasteiger partial charge in [0, 0.05) is 29.6 Å². The lowest BCUT2D eigenvalue weighted by Crippen LogP contribution is -2.44. The number of phenols is 1. The number of carbonyl (C=O) groups excluding carboxylic acids is 2. The molecule has 30 heavy (non-hydrogen) atoms. The maximum atomic E-state index is 13.3. The van der Waals surface area contributed by atoms with Crippen LogP contribution in [0.1, 0.15) is 50.1 Å². The van der Waals surface area contributed by atoms with Crippen LogP contribution in [-0.2, 0) is 11.2 Å². The highest BCUT2D eigenvalue weighted by molar-refractivity contribution is 6.05. The Morgan fingerprint density at radius 2 is 1.93 bits per heavy atom. The largest absolute Gasteiger partial charge is 0.508 e. The van der Waals surface area contributed by atoms with Crippen molar-refractivity contribution in [2.45, 2.75) is 45.7 Å². The number of aromatic amines is 1. The Bertz CT molecular complexity index is 1120. The average Bonchev–Trinajstić information content (AvgIpc) is 3.20. The van der Waals surface area contributed by atoms with Gasteiger partial charge in [0.2, 0.25) is 0 Å². The van der Waals surface area contributed by atoms with Crippen molar-refractivity contribution in [2.24, 2.45) is 0 Å². The summed E-state index contributed by atoms with van der Waals surface area (Å²) in [4.78, 5) is 33.1. The summed E-state index contributed by atoms with van der Waals surface area (Å²) in [5.74, 6) is 0.0210. The summed E-state index contributed by atoms with van der Waals surface area (Å²) in [6, 6.07) is 13.8. The van der Waals surface area contributed by atoms with Gasteiger partial charge in [0.15, 0.2) is 0 Å². The Hall–Kier alpha value is -3.28. The molecular weight excluding hydrogens is 378 g/mol. The molecule has 156 valence electrons. The van der Waals surface area contributed by atoms with Crippen molar-refractivity contribution in [3.05, 3.63) is 65.4 Å². The van der Waals surface area contributed by atoms with E-state index in [1.165, 1.54) is 4.90 Å². The topological polar surface area (TPSA) is 76.6 Å². The van der Waals surface area contributed by atoms with E-state index in [2.05, 4.69) is 11.1 Å². The molecule has 2 atom stereocenters. The van der Waals surface area contributed by atoms with E-state index in [0.717, 1.165) is 40.6 Å². The molecule has 2 unspecified atom stereocenters. The van der Waals surface area contributed by atoms with E-state index in [1.807, 2.05) is 31.2 Å². The van der Waals surface area contributed by atoms with Crippen LogP contribution in [-0.4, -0.2) is 44.4 Å². The summed E-state index contributed by atoms with van der Waals surface area (Å²) in [6.45, 7) is 2.49. The van der Waals surface area contributed by atoms with E-state index >= 15 is 0 Å². The first-order valence-corrected chi connectivity index (χ1v) is 10.1. The number of nitrogens with zero attached hydrogens (tertiary/aromatic N) is 2. The fraction of sp³-hybridized carbons (Fsp3) is 0.333. The zero-order valence-electron chi connectivity index (χ0n) is 16.3. The van der Waals surface area contributed by atoms with Crippen molar-refractivity contribution >= 4 is 22.8 Å². The number of para-hydroxylation sites is 1. The maximum Gasteiger partial charge on any atom is 0.328 e. The summed E-state index contributed by atoms with van der Waals surface area (Å²) >= 11 is 0. The first-order valence-electron chi connectivity index (χ1n) is 10.1. The summed E-state index contributed by atoms with van der Waals surface area (Å²) in [6.07, 6.45) is 2.21. The van der Waals surface area contributed by atoms with Gasteiger partial charge >= 0.3 is 6.03 Å². The molecule has 1 saturated heterocycles. The van der Waals surface area contributed by atoms with Crippen molar-refractivity contribution in [1.29, 1.82) is 0 Å². The fourth-order valence-electron chi connectivity index (χ4n) is 4.69.